The molecule has 2 aliphatic rings. The van der Waals surface area contributed by atoms with E-state index < -0.39 is 5.97 Å². The number of nitrogens with one attached hydrogen (secondary N) is 1. The number of benzene rings is 3. The average Bonchev–Trinajstić information content (AvgIpc) is 2.98. The van der Waals surface area contributed by atoms with Gasteiger partial charge in [-0.3, -0.25) is 14.5 Å². The lowest BCUT2D eigenvalue weighted by Crippen LogP contribution is -2.43. The Hall–Kier alpha value is -4.30. The van der Waals surface area contributed by atoms with Crippen LogP contribution < -0.4 is 10.2 Å². The number of carbonyl (C=O) groups excluding carboxylic acids is 1. The van der Waals surface area contributed by atoms with Gasteiger partial charge in [-0.2, -0.15) is 0 Å². The molecule has 1 aromatic heterocycles. The number of fused-ring (bicyclic) bond motifs is 2. The molecule has 1 fully saturated rings. The molecule has 41 heavy (non-hydrogen) atoms. The van der Waals surface area contributed by atoms with Crippen LogP contribution in [0.1, 0.15) is 43.7 Å². The summed E-state index contributed by atoms with van der Waals surface area (Å²) in [5.41, 5.74) is 6.58. The Morgan fingerprint density at radius 2 is 1.73 bits per heavy atom. The van der Waals surface area contributed by atoms with Gasteiger partial charge in [-0.15, -0.1) is 0 Å². The third kappa shape index (κ3) is 6.07. The summed E-state index contributed by atoms with van der Waals surface area (Å²) < 4.78 is 0. The van der Waals surface area contributed by atoms with Crippen molar-refractivity contribution in [2.24, 2.45) is 0 Å². The van der Waals surface area contributed by atoms with Crippen LogP contribution in [0.4, 0.5) is 11.6 Å². The Morgan fingerprint density at radius 1 is 0.976 bits per heavy atom. The van der Waals surface area contributed by atoms with E-state index in [9.17, 15) is 9.59 Å². The fourth-order valence-corrected chi connectivity index (χ4v) is 6.28. The standard InChI is InChI=1S/C33H35N5O3/c1-22(39)38(30-14-10-28(11-15-30)35-33-34-19-26-4-2-3-5-31(26)36-33)29-12-8-23(9-13-29)24-6-7-27-20-37(21-32(40)41)17-16-25(27)18-24/h2-9,12-13,18-19,28,30H,10-11,14-17,20-21H2,1H3,(H,40,41)(H,34,35,36). The highest BCUT2D eigenvalue weighted by molar-refractivity contribution is 5.92. The molecule has 4 aromatic rings. The first-order chi connectivity index (χ1) is 19.9. The molecule has 6 rings (SSSR count). The number of anilines is 2. The molecule has 2 heterocycles. The Labute approximate surface area is 240 Å². The van der Waals surface area contributed by atoms with Crippen molar-refractivity contribution in [2.75, 3.05) is 23.3 Å². The maximum atomic E-state index is 12.8. The molecule has 0 atom stereocenters. The lowest BCUT2D eigenvalue weighted by Gasteiger charge is -2.36. The molecule has 1 aliphatic carbocycles. The zero-order chi connectivity index (χ0) is 28.3. The predicted octanol–water partition coefficient (Wildman–Crippen LogP) is 5.52. The van der Waals surface area contributed by atoms with E-state index >= 15 is 0 Å². The maximum Gasteiger partial charge on any atom is 0.317 e. The molecule has 0 radical (unpaired) electrons. The number of carboxylic acid groups (broad SMARTS) is 1. The number of hydrogen-bond donors (Lipinski definition) is 2. The summed E-state index contributed by atoms with van der Waals surface area (Å²) in [5.74, 6) is -0.0669. The Bertz CT molecular complexity index is 1560. The van der Waals surface area contributed by atoms with Gasteiger partial charge in [0.15, 0.2) is 0 Å². The predicted molar refractivity (Wildman–Crippen MR) is 161 cm³/mol. The minimum atomic E-state index is -0.787. The van der Waals surface area contributed by atoms with Crippen molar-refractivity contribution in [2.45, 2.75) is 57.7 Å². The summed E-state index contributed by atoms with van der Waals surface area (Å²) in [7, 11) is 0. The number of para-hydroxylation sites is 1. The largest absolute Gasteiger partial charge is 0.480 e. The van der Waals surface area contributed by atoms with E-state index in [1.165, 1.54) is 11.1 Å². The molecule has 1 saturated carbocycles. The molecule has 1 aliphatic heterocycles. The van der Waals surface area contributed by atoms with Gasteiger partial charge in [-0.25, -0.2) is 9.97 Å². The first-order valence-corrected chi connectivity index (χ1v) is 14.4. The van der Waals surface area contributed by atoms with Crippen LogP contribution in [-0.4, -0.2) is 57.0 Å². The highest BCUT2D eigenvalue weighted by Gasteiger charge is 2.29. The minimum Gasteiger partial charge on any atom is -0.480 e. The average molecular weight is 550 g/mol. The molecule has 0 spiro atoms. The molecule has 210 valence electrons. The Balaban J connectivity index is 1.10. The van der Waals surface area contributed by atoms with Crippen LogP contribution in [0.5, 0.6) is 0 Å². The SMILES string of the molecule is CC(=O)N(c1ccc(-c2ccc3c(c2)CCN(CC(=O)O)C3)cc1)C1CCC(Nc2ncc3ccccc3n2)CC1. The fourth-order valence-electron chi connectivity index (χ4n) is 6.28. The van der Waals surface area contributed by atoms with Crippen LogP contribution in [-0.2, 0) is 22.6 Å². The van der Waals surface area contributed by atoms with Gasteiger partial charge in [0.05, 0.1) is 12.1 Å². The van der Waals surface area contributed by atoms with Gasteiger partial charge in [0.2, 0.25) is 11.9 Å². The topological polar surface area (TPSA) is 98.7 Å². The van der Waals surface area contributed by atoms with E-state index in [1.807, 2.05) is 40.3 Å². The van der Waals surface area contributed by atoms with Gasteiger partial charge < -0.3 is 15.3 Å². The summed E-state index contributed by atoms with van der Waals surface area (Å²) in [5, 5.41) is 13.6. The molecule has 0 saturated heterocycles. The number of rotatable bonds is 7. The smallest absolute Gasteiger partial charge is 0.317 e. The van der Waals surface area contributed by atoms with Crippen molar-refractivity contribution in [3.05, 3.63) is 84.1 Å². The van der Waals surface area contributed by atoms with E-state index in [2.05, 4.69) is 57.7 Å². The van der Waals surface area contributed by atoms with E-state index in [1.54, 1.807) is 6.92 Å². The third-order valence-corrected chi connectivity index (χ3v) is 8.36. The lowest BCUT2D eigenvalue weighted by molar-refractivity contribution is -0.138. The summed E-state index contributed by atoms with van der Waals surface area (Å²) in [6.07, 6.45) is 6.42. The summed E-state index contributed by atoms with van der Waals surface area (Å²) in [6.45, 7) is 3.15. The summed E-state index contributed by atoms with van der Waals surface area (Å²) in [4.78, 5) is 37.0. The van der Waals surface area contributed by atoms with Crippen LogP contribution in [0.15, 0.2) is 72.9 Å². The second-order valence-corrected chi connectivity index (χ2v) is 11.2. The summed E-state index contributed by atoms with van der Waals surface area (Å²) >= 11 is 0. The molecule has 0 bridgehead atoms. The number of nitrogens with zero attached hydrogens (tertiary/aromatic N) is 4. The van der Waals surface area contributed by atoms with E-state index in [-0.39, 0.29) is 24.5 Å². The molecule has 2 N–H and O–H groups in total. The highest BCUT2D eigenvalue weighted by atomic mass is 16.4. The minimum absolute atomic E-state index is 0.0618. The van der Waals surface area contributed by atoms with Gasteiger partial charge in [0.1, 0.15) is 0 Å². The van der Waals surface area contributed by atoms with Crippen LogP contribution in [0, 0.1) is 0 Å². The molecule has 8 heteroatoms. The normalized spacial score (nSPS) is 19.0. The van der Waals surface area contributed by atoms with Gasteiger partial charge in [0.25, 0.3) is 0 Å². The lowest BCUT2D eigenvalue weighted by atomic mass is 9.89. The van der Waals surface area contributed by atoms with E-state index in [0.717, 1.165) is 66.4 Å². The first kappa shape index (κ1) is 26.9. The molecular weight excluding hydrogens is 514 g/mol. The van der Waals surface area contributed by atoms with Gasteiger partial charge in [-0.1, -0.05) is 48.5 Å². The fraction of sp³-hybridized carbons (Fsp3) is 0.333. The number of amides is 1. The van der Waals surface area contributed by atoms with Gasteiger partial charge >= 0.3 is 5.97 Å². The van der Waals surface area contributed by atoms with Crippen molar-refractivity contribution >= 4 is 34.4 Å². The van der Waals surface area contributed by atoms with Crippen LogP contribution >= 0.6 is 0 Å². The quantitative estimate of drug-likeness (QED) is 0.313. The number of carbonyl (C=O) groups is 2. The number of aromatic nitrogens is 2. The van der Waals surface area contributed by atoms with Crippen LogP contribution in [0.25, 0.3) is 22.0 Å². The maximum absolute atomic E-state index is 12.8. The third-order valence-electron chi connectivity index (χ3n) is 8.36. The van der Waals surface area contributed by atoms with Crippen molar-refractivity contribution in [1.82, 2.24) is 14.9 Å². The number of hydrogen-bond acceptors (Lipinski definition) is 6. The first-order valence-electron chi connectivity index (χ1n) is 14.4. The van der Waals surface area contributed by atoms with Crippen molar-refractivity contribution < 1.29 is 14.7 Å². The molecule has 1 amide bonds. The van der Waals surface area contributed by atoms with Crippen molar-refractivity contribution in [3.63, 3.8) is 0 Å². The second kappa shape index (κ2) is 11.7. The van der Waals surface area contributed by atoms with Crippen LogP contribution in [0.2, 0.25) is 0 Å². The number of aliphatic carboxylic acids is 1. The van der Waals surface area contributed by atoms with Gasteiger partial charge in [0, 0.05) is 49.4 Å². The van der Waals surface area contributed by atoms with Crippen LogP contribution in [0.3, 0.4) is 0 Å². The monoisotopic (exact) mass is 549 g/mol. The van der Waals surface area contributed by atoms with E-state index in [0.29, 0.717) is 12.5 Å². The summed E-state index contributed by atoms with van der Waals surface area (Å²) in [6, 6.07) is 23.2. The van der Waals surface area contributed by atoms with Gasteiger partial charge in [-0.05, 0) is 72.6 Å². The molecule has 3 aromatic carbocycles. The van der Waals surface area contributed by atoms with Crippen molar-refractivity contribution in [1.29, 1.82) is 0 Å². The Kier molecular flexibility index (Phi) is 7.65. The molecular formula is C33H35N5O3. The second-order valence-electron chi connectivity index (χ2n) is 11.2. The molecule has 8 nitrogen and oxygen atoms in total. The van der Waals surface area contributed by atoms with Crippen molar-refractivity contribution in [3.8, 4) is 11.1 Å². The zero-order valence-corrected chi connectivity index (χ0v) is 23.3. The zero-order valence-electron chi connectivity index (χ0n) is 23.3. The Morgan fingerprint density at radius 3 is 2.49 bits per heavy atom. The highest BCUT2D eigenvalue weighted by Crippen LogP contribution is 2.32. The number of carboxylic acids is 1. The van der Waals surface area contributed by atoms with E-state index in [4.69, 9.17) is 5.11 Å². The molecule has 0 unspecified atom stereocenters.